The zero-order chi connectivity index (χ0) is 18.6. The first-order valence-electron chi connectivity index (χ1n) is 7.98. The highest BCUT2D eigenvalue weighted by atomic mass is 32.1. The van der Waals surface area contributed by atoms with Crippen LogP contribution in [0.5, 0.6) is 0 Å². The minimum Gasteiger partial charge on any atom is -0.444 e. The first kappa shape index (κ1) is 18.9. The normalized spacial score (nSPS) is 11.5. The molecule has 2 heterocycles. The lowest BCUT2D eigenvalue weighted by Crippen LogP contribution is -2.33. The van der Waals surface area contributed by atoms with Gasteiger partial charge in [-0.15, -0.1) is 0 Å². The van der Waals surface area contributed by atoms with Crippen LogP contribution < -0.4 is 15.9 Å². The Morgan fingerprint density at radius 2 is 2.12 bits per heavy atom. The summed E-state index contributed by atoms with van der Waals surface area (Å²) in [5.74, 6) is -0.533. The van der Waals surface area contributed by atoms with Crippen LogP contribution in [0.15, 0.2) is 12.3 Å². The summed E-state index contributed by atoms with van der Waals surface area (Å²) in [6.45, 7) is 6.56. The Morgan fingerprint density at radius 3 is 2.76 bits per heavy atom. The van der Waals surface area contributed by atoms with E-state index in [1.165, 1.54) is 17.5 Å². The van der Waals surface area contributed by atoms with E-state index in [4.69, 9.17) is 15.9 Å². The molecule has 0 aliphatic heterocycles. The van der Waals surface area contributed by atoms with Gasteiger partial charge in [-0.1, -0.05) is 11.3 Å². The van der Waals surface area contributed by atoms with E-state index in [0.717, 1.165) is 17.5 Å². The summed E-state index contributed by atoms with van der Waals surface area (Å²) in [5.41, 5.74) is 5.75. The fraction of sp³-hybridized carbons (Fsp3) is 0.500. The molecule has 0 saturated carbocycles. The van der Waals surface area contributed by atoms with Crippen molar-refractivity contribution in [3.8, 4) is 0 Å². The lowest BCUT2D eigenvalue weighted by Gasteiger charge is -2.19. The number of carbonyl (C=O) groups excluding carboxylic acids is 2. The predicted molar refractivity (Wildman–Crippen MR) is 95.5 cm³/mol. The SMILES string of the molecule is CC(C)(C)OC(=O)NCCCCn1c(=N)sc2cc(C(N)=O)cnc21. The van der Waals surface area contributed by atoms with Crippen molar-refractivity contribution >= 4 is 33.7 Å². The van der Waals surface area contributed by atoms with Crippen LogP contribution in [0.3, 0.4) is 0 Å². The van der Waals surface area contributed by atoms with Crippen LogP contribution in [-0.4, -0.2) is 33.7 Å². The molecular weight excluding hydrogens is 342 g/mol. The third-order valence-corrected chi connectivity index (χ3v) is 4.24. The van der Waals surface area contributed by atoms with Crippen molar-refractivity contribution in [2.24, 2.45) is 5.73 Å². The van der Waals surface area contributed by atoms with Crippen molar-refractivity contribution in [1.29, 1.82) is 5.41 Å². The van der Waals surface area contributed by atoms with Gasteiger partial charge in [0.1, 0.15) is 5.60 Å². The molecular formula is C16H23N5O3S. The third-order valence-electron chi connectivity index (χ3n) is 3.30. The Kier molecular flexibility index (Phi) is 5.78. The molecule has 0 spiro atoms. The zero-order valence-corrected chi connectivity index (χ0v) is 15.4. The smallest absolute Gasteiger partial charge is 0.407 e. The van der Waals surface area contributed by atoms with Crippen molar-refractivity contribution in [3.63, 3.8) is 0 Å². The molecule has 136 valence electrons. The lowest BCUT2D eigenvalue weighted by atomic mass is 10.2. The van der Waals surface area contributed by atoms with E-state index >= 15 is 0 Å². The average Bonchev–Trinajstić information content (AvgIpc) is 2.80. The van der Waals surface area contributed by atoms with Gasteiger partial charge < -0.3 is 20.4 Å². The number of primary amides is 1. The number of rotatable bonds is 6. The van der Waals surface area contributed by atoms with E-state index in [0.29, 0.717) is 29.1 Å². The highest BCUT2D eigenvalue weighted by molar-refractivity contribution is 7.16. The number of thiazole rings is 1. The second kappa shape index (κ2) is 7.64. The quantitative estimate of drug-likeness (QED) is 0.677. The molecule has 9 heteroatoms. The fourth-order valence-electron chi connectivity index (χ4n) is 2.21. The largest absolute Gasteiger partial charge is 0.444 e. The van der Waals surface area contributed by atoms with Gasteiger partial charge in [0, 0.05) is 19.3 Å². The number of nitrogens with one attached hydrogen (secondary N) is 2. The molecule has 4 N–H and O–H groups in total. The Morgan fingerprint density at radius 1 is 1.40 bits per heavy atom. The number of nitrogens with zero attached hydrogens (tertiary/aromatic N) is 2. The fourth-order valence-corrected chi connectivity index (χ4v) is 3.15. The topological polar surface area (TPSA) is 123 Å². The van der Waals surface area contributed by atoms with Gasteiger partial charge in [-0.25, -0.2) is 9.78 Å². The van der Waals surface area contributed by atoms with E-state index in [9.17, 15) is 9.59 Å². The van der Waals surface area contributed by atoms with Crippen molar-refractivity contribution in [2.45, 2.75) is 45.8 Å². The number of alkyl carbamates (subject to hydrolysis) is 1. The highest BCUT2D eigenvalue weighted by Crippen LogP contribution is 2.17. The summed E-state index contributed by atoms with van der Waals surface area (Å²) in [4.78, 5) is 27.4. The Hall–Kier alpha value is -2.42. The van der Waals surface area contributed by atoms with E-state index in [-0.39, 0.29) is 0 Å². The zero-order valence-electron chi connectivity index (χ0n) is 14.6. The van der Waals surface area contributed by atoms with Gasteiger partial charge in [0.2, 0.25) is 5.91 Å². The number of amides is 2. The maximum atomic E-state index is 11.6. The van der Waals surface area contributed by atoms with Gasteiger partial charge in [0.15, 0.2) is 10.4 Å². The first-order chi connectivity index (χ1) is 11.7. The minimum absolute atomic E-state index is 0.336. The van der Waals surface area contributed by atoms with Crippen molar-refractivity contribution in [3.05, 3.63) is 22.6 Å². The monoisotopic (exact) mass is 365 g/mol. The maximum absolute atomic E-state index is 11.6. The summed E-state index contributed by atoms with van der Waals surface area (Å²) in [5, 5.41) is 10.8. The third kappa shape index (κ3) is 5.28. The van der Waals surface area contributed by atoms with E-state index in [1.54, 1.807) is 10.6 Å². The summed E-state index contributed by atoms with van der Waals surface area (Å²) < 4.78 is 7.71. The summed E-state index contributed by atoms with van der Waals surface area (Å²) in [7, 11) is 0. The molecule has 0 unspecified atom stereocenters. The van der Waals surface area contributed by atoms with Gasteiger partial charge in [-0.2, -0.15) is 0 Å². The number of hydrogen-bond donors (Lipinski definition) is 3. The second-order valence-corrected chi connectivity index (χ2v) is 7.64. The number of aryl methyl sites for hydroxylation is 1. The number of fused-ring (bicyclic) bond motifs is 1. The van der Waals surface area contributed by atoms with Crippen LogP contribution in [0.1, 0.15) is 44.0 Å². The molecule has 0 radical (unpaired) electrons. The van der Waals surface area contributed by atoms with Crippen LogP contribution in [0.25, 0.3) is 10.3 Å². The van der Waals surface area contributed by atoms with Crippen LogP contribution in [0.2, 0.25) is 0 Å². The summed E-state index contributed by atoms with van der Waals surface area (Å²) in [6, 6.07) is 1.66. The van der Waals surface area contributed by atoms with Gasteiger partial charge in [0.25, 0.3) is 0 Å². The molecule has 2 rings (SSSR count). The molecule has 8 nitrogen and oxygen atoms in total. The predicted octanol–water partition coefficient (Wildman–Crippen LogP) is 1.98. The van der Waals surface area contributed by atoms with Gasteiger partial charge in [-0.3, -0.25) is 10.2 Å². The number of ether oxygens (including phenoxy) is 1. The van der Waals surface area contributed by atoms with Gasteiger partial charge >= 0.3 is 6.09 Å². The number of aromatic nitrogens is 2. The Labute approximate surface area is 149 Å². The molecule has 0 aliphatic carbocycles. The number of carbonyl (C=O) groups is 2. The van der Waals surface area contributed by atoms with Crippen molar-refractivity contribution in [2.75, 3.05) is 6.54 Å². The lowest BCUT2D eigenvalue weighted by molar-refractivity contribution is 0.0526. The maximum Gasteiger partial charge on any atom is 0.407 e. The van der Waals surface area contributed by atoms with Crippen molar-refractivity contribution in [1.82, 2.24) is 14.9 Å². The molecule has 2 aromatic heterocycles. The molecule has 0 bridgehead atoms. The standard InChI is InChI=1S/C16H23N5O3S/c1-16(2,3)24-15(23)19-6-4-5-7-21-13-11(25-14(21)18)8-10(9-20-13)12(17)22/h8-9,18H,4-7H2,1-3H3,(H2,17,22)(H,19,23). The molecule has 2 aromatic rings. The number of unbranched alkanes of at least 4 members (excludes halogenated alkanes) is 1. The molecule has 0 saturated heterocycles. The van der Waals surface area contributed by atoms with E-state index in [1.807, 2.05) is 20.8 Å². The summed E-state index contributed by atoms with van der Waals surface area (Å²) in [6.07, 6.45) is 2.53. The second-order valence-electron chi connectivity index (χ2n) is 6.60. The average molecular weight is 365 g/mol. The van der Waals surface area contributed by atoms with Crippen LogP contribution in [0.4, 0.5) is 4.79 Å². The highest BCUT2D eigenvalue weighted by Gasteiger charge is 2.15. The van der Waals surface area contributed by atoms with E-state index < -0.39 is 17.6 Å². The van der Waals surface area contributed by atoms with E-state index in [2.05, 4.69) is 10.3 Å². The van der Waals surface area contributed by atoms with Gasteiger partial charge in [-0.05, 0) is 39.7 Å². The number of pyridine rings is 1. The molecule has 0 atom stereocenters. The number of nitrogens with two attached hydrogens (primary N) is 1. The van der Waals surface area contributed by atoms with Crippen LogP contribution >= 0.6 is 11.3 Å². The Balaban J connectivity index is 1.89. The van der Waals surface area contributed by atoms with Crippen LogP contribution in [0, 0.1) is 5.41 Å². The molecule has 25 heavy (non-hydrogen) atoms. The molecule has 0 aromatic carbocycles. The first-order valence-corrected chi connectivity index (χ1v) is 8.79. The van der Waals surface area contributed by atoms with Gasteiger partial charge in [0.05, 0.1) is 10.3 Å². The summed E-state index contributed by atoms with van der Waals surface area (Å²) >= 11 is 1.25. The number of hydrogen-bond acceptors (Lipinski definition) is 6. The Bertz CT molecular complexity index is 834. The molecule has 0 fully saturated rings. The van der Waals surface area contributed by atoms with Crippen molar-refractivity contribution < 1.29 is 14.3 Å². The van der Waals surface area contributed by atoms with Crippen LogP contribution in [-0.2, 0) is 11.3 Å². The minimum atomic E-state index is -0.533. The molecule has 0 aliphatic rings. The molecule has 2 amide bonds.